The highest BCUT2D eigenvalue weighted by Gasteiger charge is 2.24. The Morgan fingerprint density at radius 3 is 2.58 bits per heavy atom. The van der Waals surface area contributed by atoms with Crippen molar-refractivity contribution < 1.29 is 13.2 Å². The summed E-state index contributed by atoms with van der Waals surface area (Å²) >= 11 is 0. The average molecular weight is 349 g/mol. The van der Waals surface area contributed by atoms with Gasteiger partial charge in [0.05, 0.1) is 11.6 Å². The van der Waals surface area contributed by atoms with Gasteiger partial charge in [-0.1, -0.05) is 13.0 Å². The molecule has 0 aromatic heterocycles. The van der Waals surface area contributed by atoms with Gasteiger partial charge in [0.15, 0.2) is 0 Å². The minimum atomic E-state index is -3.67. The molecule has 1 aliphatic rings. The molecule has 2 N–H and O–H groups in total. The SMILES string of the molecule is Cc1ccc(C#N)cc1NC(=O)CS(=O)(=O)NC1CCC(C)CC1. The molecule has 0 atom stereocenters. The first-order valence-electron chi connectivity index (χ1n) is 8.09. The van der Waals surface area contributed by atoms with Crippen molar-refractivity contribution in [3.63, 3.8) is 0 Å². The Labute approximate surface area is 143 Å². The fourth-order valence-corrected chi connectivity index (χ4v) is 4.10. The van der Waals surface area contributed by atoms with Gasteiger partial charge < -0.3 is 5.32 Å². The van der Waals surface area contributed by atoms with Gasteiger partial charge in [0.25, 0.3) is 0 Å². The Bertz CT molecular complexity index is 745. The maximum Gasteiger partial charge on any atom is 0.241 e. The highest BCUT2D eigenvalue weighted by molar-refractivity contribution is 7.90. The number of benzene rings is 1. The van der Waals surface area contributed by atoms with E-state index in [1.165, 1.54) is 6.07 Å². The zero-order valence-corrected chi connectivity index (χ0v) is 14.8. The lowest BCUT2D eigenvalue weighted by atomic mass is 9.88. The van der Waals surface area contributed by atoms with Gasteiger partial charge in [-0.25, -0.2) is 13.1 Å². The molecule has 2 rings (SSSR count). The fraction of sp³-hybridized carbons (Fsp3) is 0.529. The van der Waals surface area contributed by atoms with Crippen LogP contribution in [-0.4, -0.2) is 26.1 Å². The van der Waals surface area contributed by atoms with Crippen LogP contribution in [0.2, 0.25) is 0 Å². The number of carbonyl (C=O) groups excluding carboxylic acids is 1. The monoisotopic (exact) mass is 349 g/mol. The maximum absolute atomic E-state index is 12.2. The van der Waals surface area contributed by atoms with E-state index in [1.807, 2.05) is 6.07 Å². The van der Waals surface area contributed by atoms with Crippen molar-refractivity contribution in [1.82, 2.24) is 4.72 Å². The molecule has 0 radical (unpaired) electrons. The van der Waals surface area contributed by atoms with Gasteiger partial charge in [0.1, 0.15) is 5.75 Å². The molecule has 0 unspecified atom stereocenters. The predicted octanol–water partition coefficient (Wildman–Crippen LogP) is 2.30. The summed E-state index contributed by atoms with van der Waals surface area (Å²) in [5.41, 5.74) is 1.64. The van der Waals surface area contributed by atoms with E-state index in [4.69, 9.17) is 5.26 Å². The number of rotatable bonds is 5. The molecule has 0 spiro atoms. The van der Waals surface area contributed by atoms with Crippen molar-refractivity contribution >= 4 is 21.6 Å². The number of sulfonamides is 1. The van der Waals surface area contributed by atoms with Crippen molar-refractivity contribution in [2.24, 2.45) is 5.92 Å². The lowest BCUT2D eigenvalue weighted by Gasteiger charge is -2.26. The van der Waals surface area contributed by atoms with Gasteiger partial charge in [-0.2, -0.15) is 5.26 Å². The lowest BCUT2D eigenvalue weighted by Crippen LogP contribution is -2.41. The number of hydrogen-bond donors (Lipinski definition) is 2. The van der Waals surface area contributed by atoms with Crippen LogP contribution in [-0.2, 0) is 14.8 Å². The second kappa shape index (κ2) is 7.77. The summed E-state index contributed by atoms with van der Waals surface area (Å²) in [6.07, 6.45) is 3.62. The van der Waals surface area contributed by atoms with E-state index in [-0.39, 0.29) is 6.04 Å². The minimum Gasteiger partial charge on any atom is -0.325 e. The first-order chi connectivity index (χ1) is 11.3. The molecular formula is C17H23N3O3S. The molecule has 24 heavy (non-hydrogen) atoms. The molecule has 1 saturated carbocycles. The number of amides is 1. The highest BCUT2D eigenvalue weighted by atomic mass is 32.2. The summed E-state index contributed by atoms with van der Waals surface area (Å²) in [6.45, 7) is 3.95. The van der Waals surface area contributed by atoms with Crippen molar-refractivity contribution in [2.45, 2.75) is 45.6 Å². The van der Waals surface area contributed by atoms with Crippen molar-refractivity contribution in [3.8, 4) is 6.07 Å². The Morgan fingerprint density at radius 1 is 1.29 bits per heavy atom. The smallest absolute Gasteiger partial charge is 0.241 e. The van der Waals surface area contributed by atoms with E-state index < -0.39 is 21.7 Å². The number of nitriles is 1. The Balaban J connectivity index is 1.95. The largest absolute Gasteiger partial charge is 0.325 e. The molecule has 1 aliphatic carbocycles. The molecule has 0 aliphatic heterocycles. The topological polar surface area (TPSA) is 99.1 Å². The third-order valence-electron chi connectivity index (χ3n) is 4.32. The van der Waals surface area contributed by atoms with Crippen LogP contribution in [0.15, 0.2) is 18.2 Å². The van der Waals surface area contributed by atoms with Crippen LogP contribution in [0.3, 0.4) is 0 Å². The summed E-state index contributed by atoms with van der Waals surface area (Å²) in [6, 6.07) is 6.81. The average Bonchev–Trinajstić information content (AvgIpc) is 2.51. The van der Waals surface area contributed by atoms with Crippen LogP contribution in [0.1, 0.15) is 43.7 Å². The zero-order chi connectivity index (χ0) is 17.7. The van der Waals surface area contributed by atoms with Gasteiger partial charge in [-0.05, 0) is 56.2 Å². The van der Waals surface area contributed by atoms with E-state index in [0.29, 0.717) is 17.2 Å². The number of anilines is 1. The van der Waals surface area contributed by atoms with Gasteiger partial charge in [0, 0.05) is 11.7 Å². The first kappa shape index (κ1) is 18.4. The third kappa shape index (κ3) is 5.32. The third-order valence-corrected chi connectivity index (χ3v) is 5.66. The molecule has 1 aromatic rings. The van der Waals surface area contributed by atoms with Crippen LogP contribution in [0.4, 0.5) is 5.69 Å². The molecule has 1 fully saturated rings. The summed E-state index contributed by atoms with van der Waals surface area (Å²) in [7, 11) is -3.67. The first-order valence-corrected chi connectivity index (χ1v) is 9.75. The number of hydrogen-bond acceptors (Lipinski definition) is 4. The zero-order valence-electron chi connectivity index (χ0n) is 14.0. The van der Waals surface area contributed by atoms with Crippen molar-refractivity contribution in [3.05, 3.63) is 29.3 Å². The fourth-order valence-electron chi connectivity index (χ4n) is 2.86. The number of aryl methyl sites for hydroxylation is 1. The molecule has 1 aromatic carbocycles. The van der Waals surface area contributed by atoms with E-state index in [1.54, 1.807) is 19.1 Å². The standard InChI is InChI=1S/C17H23N3O3S/c1-12-3-7-15(8-4-12)20-24(22,23)11-17(21)19-16-9-14(10-18)6-5-13(16)2/h5-6,9,12,15,20H,3-4,7-8,11H2,1-2H3,(H,19,21). The Hall–Kier alpha value is -1.91. The summed E-state index contributed by atoms with van der Waals surface area (Å²) in [5, 5.41) is 11.5. The number of carbonyl (C=O) groups is 1. The van der Waals surface area contributed by atoms with Gasteiger partial charge in [-0.3, -0.25) is 4.79 Å². The van der Waals surface area contributed by atoms with Crippen molar-refractivity contribution in [1.29, 1.82) is 5.26 Å². The van der Waals surface area contributed by atoms with E-state index in [2.05, 4.69) is 17.0 Å². The second-order valence-corrected chi connectivity index (χ2v) is 8.28. The van der Waals surface area contributed by atoms with E-state index in [9.17, 15) is 13.2 Å². The molecule has 0 saturated heterocycles. The predicted molar refractivity (Wildman–Crippen MR) is 92.9 cm³/mol. The highest BCUT2D eigenvalue weighted by Crippen LogP contribution is 2.24. The van der Waals surface area contributed by atoms with Crippen LogP contribution in [0, 0.1) is 24.2 Å². The Kier molecular flexibility index (Phi) is 5.97. The number of nitrogens with one attached hydrogen (secondary N) is 2. The van der Waals surface area contributed by atoms with E-state index >= 15 is 0 Å². The van der Waals surface area contributed by atoms with Gasteiger partial charge >= 0.3 is 0 Å². The normalized spacial score (nSPS) is 21.0. The summed E-state index contributed by atoms with van der Waals surface area (Å²) in [5.74, 6) is -0.593. The molecule has 6 nitrogen and oxygen atoms in total. The van der Waals surface area contributed by atoms with Crippen LogP contribution in [0.5, 0.6) is 0 Å². The Morgan fingerprint density at radius 2 is 1.96 bits per heavy atom. The molecule has 130 valence electrons. The summed E-state index contributed by atoms with van der Waals surface area (Å²) < 4.78 is 27.0. The second-order valence-electron chi connectivity index (χ2n) is 6.52. The van der Waals surface area contributed by atoms with E-state index in [0.717, 1.165) is 31.2 Å². The quantitative estimate of drug-likeness (QED) is 0.852. The van der Waals surface area contributed by atoms with Gasteiger partial charge in [-0.15, -0.1) is 0 Å². The number of nitrogens with zero attached hydrogens (tertiary/aromatic N) is 1. The maximum atomic E-state index is 12.2. The lowest BCUT2D eigenvalue weighted by molar-refractivity contribution is -0.113. The van der Waals surface area contributed by atoms with Crippen LogP contribution >= 0.6 is 0 Å². The molecule has 7 heteroatoms. The molecule has 0 bridgehead atoms. The van der Waals surface area contributed by atoms with Crippen LogP contribution < -0.4 is 10.0 Å². The molecule has 1 amide bonds. The molecular weight excluding hydrogens is 326 g/mol. The van der Waals surface area contributed by atoms with Crippen molar-refractivity contribution in [2.75, 3.05) is 11.1 Å². The summed E-state index contributed by atoms with van der Waals surface area (Å²) in [4.78, 5) is 12.1. The molecule has 0 heterocycles. The van der Waals surface area contributed by atoms with Crippen LogP contribution in [0.25, 0.3) is 0 Å². The van der Waals surface area contributed by atoms with Gasteiger partial charge in [0.2, 0.25) is 15.9 Å². The minimum absolute atomic E-state index is 0.0809.